The van der Waals surface area contributed by atoms with Crippen molar-refractivity contribution in [1.29, 1.82) is 0 Å². The van der Waals surface area contributed by atoms with Gasteiger partial charge in [-0.2, -0.15) is 0 Å². The number of nitrogens with two attached hydrogens (primary N) is 1. The Balaban J connectivity index is 2.29. The third kappa shape index (κ3) is 2.26. The highest BCUT2D eigenvalue weighted by Crippen LogP contribution is 2.34. The van der Waals surface area contributed by atoms with Gasteiger partial charge in [0, 0.05) is 19.7 Å². The standard InChI is InChI=1S/C16H15N3O4/c1-18-14(21)12-10(13(17)20)8-11(9-6-4-3-5-7-9)23-15(12)19(2)16(18)22/h3-8,10H,1-2H3,(H2,17,20). The molecule has 7 heteroatoms. The van der Waals surface area contributed by atoms with Gasteiger partial charge in [0.15, 0.2) is 0 Å². The SMILES string of the molecule is Cn1c2c(c(=O)n(C)c1=O)C(C(N)=O)C=C(c1ccccc1)O2. The van der Waals surface area contributed by atoms with Crippen LogP contribution in [-0.4, -0.2) is 15.0 Å². The maximum absolute atomic E-state index is 12.4. The normalized spacial score (nSPS) is 16.3. The van der Waals surface area contributed by atoms with Crippen molar-refractivity contribution >= 4 is 11.7 Å². The van der Waals surface area contributed by atoms with Crippen molar-refractivity contribution in [1.82, 2.24) is 9.13 Å². The van der Waals surface area contributed by atoms with Crippen molar-refractivity contribution in [3.63, 3.8) is 0 Å². The number of benzene rings is 1. The van der Waals surface area contributed by atoms with Crippen LogP contribution in [0, 0.1) is 0 Å². The monoisotopic (exact) mass is 313 g/mol. The quantitative estimate of drug-likeness (QED) is 0.849. The Labute approximate surface area is 131 Å². The van der Waals surface area contributed by atoms with Crippen molar-refractivity contribution in [2.45, 2.75) is 5.92 Å². The first-order valence-corrected chi connectivity index (χ1v) is 6.96. The van der Waals surface area contributed by atoms with E-state index in [4.69, 9.17) is 10.5 Å². The molecule has 0 bridgehead atoms. The Kier molecular flexibility index (Phi) is 3.40. The number of carbonyl (C=O) groups is 1. The summed E-state index contributed by atoms with van der Waals surface area (Å²) in [5.41, 5.74) is 5.12. The van der Waals surface area contributed by atoms with Gasteiger partial charge in [-0.3, -0.25) is 18.7 Å². The van der Waals surface area contributed by atoms with Crippen LogP contribution < -0.4 is 21.7 Å². The lowest BCUT2D eigenvalue weighted by atomic mass is 9.96. The molecule has 2 heterocycles. The topological polar surface area (TPSA) is 96.3 Å². The summed E-state index contributed by atoms with van der Waals surface area (Å²) >= 11 is 0. The number of rotatable bonds is 2. The molecule has 0 spiro atoms. The fourth-order valence-corrected chi connectivity index (χ4v) is 2.60. The molecule has 7 nitrogen and oxygen atoms in total. The number of hydrogen-bond acceptors (Lipinski definition) is 4. The Bertz CT molecular complexity index is 938. The molecule has 1 aliphatic heterocycles. The summed E-state index contributed by atoms with van der Waals surface area (Å²) < 4.78 is 7.88. The molecular formula is C16H15N3O4. The summed E-state index contributed by atoms with van der Waals surface area (Å²) in [6, 6.07) is 9.08. The third-order valence-electron chi connectivity index (χ3n) is 3.84. The van der Waals surface area contributed by atoms with Crippen LogP contribution in [0.25, 0.3) is 5.76 Å². The van der Waals surface area contributed by atoms with Gasteiger partial charge in [0.05, 0.1) is 11.5 Å². The minimum absolute atomic E-state index is 0.0447. The maximum Gasteiger partial charge on any atom is 0.333 e. The summed E-state index contributed by atoms with van der Waals surface area (Å²) in [4.78, 5) is 36.3. The lowest BCUT2D eigenvalue weighted by Gasteiger charge is -2.24. The molecule has 2 N–H and O–H groups in total. The van der Waals surface area contributed by atoms with E-state index in [2.05, 4.69) is 0 Å². The minimum atomic E-state index is -0.959. The third-order valence-corrected chi connectivity index (χ3v) is 3.84. The van der Waals surface area contributed by atoms with Gasteiger partial charge >= 0.3 is 5.69 Å². The summed E-state index contributed by atoms with van der Waals surface area (Å²) in [6.45, 7) is 0. The van der Waals surface area contributed by atoms with Gasteiger partial charge in [-0.25, -0.2) is 4.79 Å². The van der Waals surface area contributed by atoms with E-state index in [1.807, 2.05) is 18.2 Å². The first-order chi connectivity index (χ1) is 10.9. The summed E-state index contributed by atoms with van der Waals surface area (Å²) in [5, 5.41) is 0. The van der Waals surface area contributed by atoms with Crippen LogP contribution in [-0.2, 0) is 18.9 Å². The molecule has 1 aromatic carbocycles. The number of aromatic nitrogens is 2. The number of hydrogen-bond donors (Lipinski definition) is 1. The summed E-state index contributed by atoms with van der Waals surface area (Å²) in [6.07, 6.45) is 1.51. The molecule has 23 heavy (non-hydrogen) atoms. The second kappa shape index (κ2) is 5.28. The fraction of sp³-hybridized carbons (Fsp3) is 0.188. The minimum Gasteiger partial charge on any atom is -0.440 e. The van der Waals surface area contributed by atoms with E-state index in [9.17, 15) is 14.4 Å². The van der Waals surface area contributed by atoms with E-state index in [1.165, 1.54) is 24.7 Å². The lowest BCUT2D eigenvalue weighted by molar-refractivity contribution is -0.118. The molecule has 0 fully saturated rings. The zero-order chi connectivity index (χ0) is 16.7. The zero-order valence-electron chi connectivity index (χ0n) is 12.6. The van der Waals surface area contributed by atoms with Crippen molar-refractivity contribution < 1.29 is 9.53 Å². The average molecular weight is 313 g/mol. The van der Waals surface area contributed by atoms with Crippen LogP contribution in [0.15, 0.2) is 46.0 Å². The van der Waals surface area contributed by atoms with Crippen molar-refractivity contribution in [3.05, 3.63) is 68.4 Å². The Morgan fingerprint density at radius 1 is 1.13 bits per heavy atom. The molecule has 0 radical (unpaired) electrons. The van der Waals surface area contributed by atoms with Crippen LogP contribution in [0.2, 0.25) is 0 Å². The predicted octanol–water partition coefficient (Wildman–Crippen LogP) is 0.0864. The maximum atomic E-state index is 12.4. The van der Waals surface area contributed by atoms with E-state index >= 15 is 0 Å². The molecule has 0 aliphatic carbocycles. The first-order valence-electron chi connectivity index (χ1n) is 6.96. The summed E-state index contributed by atoms with van der Waals surface area (Å²) in [7, 11) is 2.83. The van der Waals surface area contributed by atoms with Gasteiger partial charge in [-0.15, -0.1) is 0 Å². The highest BCUT2D eigenvalue weighted by atomic mass is 16.5. The molecule has 2 aromatic rings. The molecule has 1 amide bonds. The van der Waals surface area contributed by atoms with E-state index in [1.54, 1.807) is 12.1 Å². The molecule has 118 valence electrons. The molecule has 1 aromatic heterocycles. The molecule has 3 rings (SSSR count). The number of ether oxygens (including phenoxy) is 1. The van der Waals surface area contributed by atoms with Gasteiger partial charge in [0.1, 0.15) is 5.76 Å². The van der Waals surface area contributed by atoms with E-state index in [0.29, 0.717) is 5.76 Å². The molecule has 0 saturated carbocycles. The molecule has 1 unspecified atom stereocenters. The predicted molar refractivity (Wildman–Crippen MR) is 83.9 cm³/mol. The van der Waals surface area contributed by atoms with Crippen LogP contribution in [0.1, 0.15) is 17.0 Å². The van der Waals surface area contributed by atoms with E-state index in [0.717, 1.165) is 10.1 Å². The van der Waals surface area contributed by atoms with Crippen molar-refractivity contribution in [3.8, 4) is 5.88 Å². The molecule has 1 atom stereocenters. The Morgan fingerprint density at radius 2 is 1.78 bits per heavy atom. The highest BCUT2D eigenvalue weighted by Gasteiger charge is 2.32. The number of carbonyl (C=O) groups excluding carboxylic acids is 1. The van der Waals surface area contributed by atoms with E-state index < -0.39 is 23.1 Å². The number of fused-ring (bicyclic) bond motifs is 1. The van der Waals surface area contributed by atoms with Gasteiger partial charge in [-0.05, 0) is 6.08 Å². The van der Waals surface area contributed by atoms with Crippen molar-refractivity contribution in [2.75, 3.05) is 0 Å². The second-order valence-electron chi connectivity index (χ2n) is 5.30. The van der Waals surface area contributed by atoms with Gasteiger partial charge in [0.25, 0.3) is 5.56 Å². The number of primary amides is 1. The van der Waals surface area contributed by atoms with Crippen molar-refractivity contribution in [2.24, 2.45) is 19.8 Å². The van der Waals surface area contributed by atoms with Gasteiger partial charge < -0.3 is 10.5 Å². The van der Waals surface area contributed by atoms with Crippen LogP contribution in [0.5, 0.6) is 5.88 Å². The number of amides is 1. The zero-order valence-corrected chi connectivity index (χ0v) is 12.6. The molecule has 1 aliphatic rings. The Hall–Kier alpha value is -3.09. The first kappa shape index (κ1) is 14.8. The van der Waals surface area contributed by atoms with Crippen LogP contribution >= 0.6 is 0 Å². The second-order valence-corrected chi connectivity index (χ2v) is 5.30. The fourth-order valence-electron chi connectivity index (χ4n) is 2.60. The smallest absolute Gasteiger partial charge is 0.333 e. The van der Waals surface area contributed by atoms with Gasteiger partial charge in [0.2, 0.25) is 11.8 Å². The largest absolute Gasteiger partial charge is 0.440 e. The van der Waals surface area contributed by atoms with Crippen LogP contribution in [0.4, 0.5) is 0 Å². The average Bonchev–Trinajstić information content (AvgIpc) is 2.57. The highest BCUT2D eigenvalue weighted by molar-refractivity contribution is 5.88. The van der Waals surface area contributed by atoms with E-state index in [-0.39, 0.29) is 11.4 Å². The molecule has 0 saturated heterocycles. The van der Waals surface area contributed by atoms with Gasteiger partial charge in [-0.1, -0.05) is 30.3 Å². The molecular weight excluding hydrogens is 298 g/mol. The van der Waals surface area contributed by atoms with Crippen LogP contribution in [0.3, 0.4) is 0 Å². The number of nitrogens with zero attached hydrogens (tertiary/aromatic N) is 2. The summed E-state index contributed by atoms with van der Waals surface area (Å²) in [5.74, 6) is -1.22. The Morgan fingerprint density at radius 3 is 2.39 bits per heavy atom. The lowest BCUT2D eigenvalue weighted by Crippen LogP contribution is -2.42.